The first-order valence-electron chi connectivity index (χ1n) is 18.4. The van der Waals surface area contributed by atoms with Crippen LogP contribution in [-0.4, -0.2) is 65.0 Å². The van der Waals surface area contributed by atoms with Gasteiger partial charge in [-0.3, -0.25) is 0 Å². The van der Waals surface area contributed by atoms with Gasteiger partial charge in [-0.05, 0) is 0 Å². The Hall–Kier alpha value is -3.34. The zero-order valence-corrected chi connectivity index (χ0v) is 34.0. The molecule has 0 aliphatic carbocycles. The van der Waals surface area contributed by atoms with E-state index in [9.17, 15) is 0 Å². The van der Waals surface area contributed by atoms with E-state index in [1.54, 1.807) is 56.9 Å². The number of fused-ring (bicyclic) bond motifs is 10. The third kappa shape index (κ3) is 1.01. The maximum absolute atomic E-state index is 6.44. The van der Waals surface area contributed by atoms with Gasteiger partial charge in [-0.15, -0.1) is 0 Å². The van der Waals surface area contributed by atoms with Gasteiger partial charge < -0.3 is 0 Å². The quantitative estimate of drug-likeness (QED) is 0.0960. The van der Waals surface area contributed by atoms with Gasteiger partial charge in [-0.1, -0.05) is 0 Å². The number of hydrogen-bond acceptors (Lipinski definition) is 8. The fraction of sp³-hybridized carbons (Fsp3) is 0.429. The van der Waals surface area contributed by atoms with E-state index in [4.69, 9.17) is 37.9 Å². The van der Waals surface area contributed by atoms with Crippen molar-refractivity contribution in [3.8, 4) is 46.0 Å². The van der Waals surface area contributed by atoms with Crippen LogP contribution in [0.4, 0.5) is 0 Å². The zero-order chi connectivity index (χ0) is 36.2. The first-order valence-corrected chi connectivity index (χ1v) is 27.3. The summed E-state index contributed by atoms with van der Waals surface area (Å²) in [6, 6.07) is 26.3. The van der Waals surface area contributed by atoms with E-state index in [2.05, 4.69) is 48.5 Å². The number of para-hydroxylation sites is 4. The van der Waals surface area contributed by atoms with Crippen molar-refractivity contribution in [2.45, 2.75) is 46.6 Å². The molecule has 10 heterocycles. The molecule has 0 saturated carbocycles. The molecule has 8 nitrogen and oxygen atoms in total. The number of hydrogen-bond donors (Lipinski definition) is 0. The molecule has 11 heteroatoms. The van der Waals surface area contributed by atoms with Crippen LogP contribution in [0, 0.1) is 0 Å². The van der Waals surface area contributed by atoms with Crippen LogP contribution in [0.2, 0.25) is 38.5 Å². The third-order valence-corrected chi connectivity index (χ3v) is 78.8. The van der Waals surface area contributed by atoms with E-state index in [0.717, 1.165) is 84.5 Å². The molecular formula is C42H44FeO8P2. The fourth-order valence-corrected chi connectivity index (χ4v) is 128. The van der Waals surface area contributed by atoms with Gasteiger partial charge in [-0.2, -0.15) is 0 Å². The monoisotopic (exact) mass is 794 g/mol. The van der Waals surface area contributed by atoms with Crippen molar-refractivity contribution in [1.82, 2.24) is 0 Å². The van der Waals surface area contributed by atoms with Crippen molar-refractivity contribution in [1.29, 1.82) is 0 Å². The Kier molecular flexibility index (Phi) is 3.20. The fourth-order valence-electron chi connectivity index (χ4n) is 22.7. The minimum absolute atomic E-state index is 0.203. The summed E-state index contributed by atoms with van der Waals surface area (Å²) < 4.78 is 50.4. The van der Waals surface area contributed by atoms with Crippen LogP contribution in [0.5, 0.6) is 46.0 Å². The minimum atomic E-state index is -4.59. The molecule has 4 unspecified atom stereocenters. The molecule has 4 aromatic rings. The van der Waals surface area contributed by atoms with Gasteiger partial charge in [-0.25, -0.2) is 0 Å². The van der Waals surface area contributed by atoms with Crippen LogP contribution in [0.25, 0.3) is 0 Å². The standard InChI is InChI=1S/C37H39O8P2.C5H5.Fe/c1-38-24-14-9-20-30(34(24)42-5)46(31-21-10-15-25(39-2)35(31)43-6)28-18-13-19-29(28)47(32-22-11-16-26(40-3)36(32)44-7)33-23-12-17-27(41-4)37(33)45-8;1-2-4-5-3-1;/h9-23H,1-8H3;1-5H;. The van der Waals surface area contributed by atoms with Gasteiger partial charge in [0.25, 0.3) is 0 Å². The predicted octanol–water partition coefficient (Wildman–Crippen LogP) is 7.53. The molecule has 10 saturated heterocycles. The Morgan fingerprint density at radius 3 is 0.830 bits per heavy atom. The van der Waals surface area contributed by atoms with Crippen LogP contribution < -0.4 is 59.1 Å². The summed E-state index contributed by atoms with van der Waals surface area (Å²) in [6.45, 7) is -4.59. The summed E-state index contributed by atoms with van der Waals surface area (Å²) in [6.07, 6.45) is 0. The molecule has 0 amide bonds. The van der Waals surface area contributed by atoms with Crippen LogP contribution >= 0.6 is 15.8 Å². The molecule has 0 N–H and O–H groups in total. The van der Waals surface area contributed by atoms with Gasteiger partial charge >= 0.3 is 304 Å². The van der Waals surface area contributed by atoms with Gasteiger partial charge in [0.05, 0.1) is 0 Å². The maximum atomic E-state index is 6.44. The molecular weight excluding hydrogens is 750 g/mol. The molecule has 0 bridgehead atoms. The molecule has 14 rings (SSSR count). The summed E-state index contributed by atoms with van der Waals surface area (Å²) in [4.78, 5) is 7.54. The number of methoxy groups -OCH3 is 8. The number of ether oxygens (including phenoxy) is 8. The molecule has 10 aliphatic heterocycles. The molecule has 0 radical (unpaired) electrons. The Morgan fingerprint density at radius 1 is 0.377 bits per heavy atom. The number of rotatable bonds is 14. The third-order valence-electron chi connectivity index (χ3n) is 21.8. The second-order valence-corrected chi connectivity index (χ2v) is 47.1. The Balaban J connectivity index is 1.15. The van der Waals surface area contributed by atoms with Crippen molar-refractivity contribution >= 4 is 37.1 Å². The summed E-state index contributed by atoms with van der Waals surface area (Å²) in [5.74, 6) is 6.58. The molecule has 278 valence electrons. The molecule has 53 heavy (non-hydrogen) atoms. The van der Waals surface area contributed by atoms with Gasteiger partial charge in [0.1, 0.15) is 0 Å². The predicted molar refractivity (Wildman–Crippen MR) is 206 cm³/mol. The van der Waals surface area contributed by atoms with E-state index in [0.29, 0.717) is 0 Å². The zero-order valence-electron chi connectivity index (χ0n) is 31.1. The Labute approximate surface area is 302 Å². The first kappa shape index (κ1) is 29.9. The summed E-state index contributed by atoms with van der Waals surface area (Å²) >= 11 is 0. The van der Waals surface area contributed by atoms with Gasteiger partial charge in [0, 0.05) is 0 Å². The average molecular weight is 795 g/mol. The van der Waals surface area contributed by atoms with Gasteiger partial charge in [0.2, 0.25) is 0 Å². The summed E-state index contributed by atoms with van der Waals surface area (Å²) in [5, 5.41) is 5.13. The van der Waals surface area contributed by atoms with E-state index in [-0.39, 0.29) is 8.11 Å². The molecule has 1 spiro atoms. The topological polar surface area (TPSA) is 73.8 Å². The first-order chi connectivity index (χ1) is 25.7. The molecule has 10 aliphatic rings. The van der Waals surface area contributed by atoms with Crippen LogP contribution in [0.15, 0.2) is 72.8 Å². The van der Waals surface area contributed by atoms with Crippen molar-refractivity contribution in [3.05, 3.63) is 72.8 Å². The Morgan fingerprint density at radius 2 is 0.642 bits per heavy atom. The summed E-state index contributed by atoms with van der Waals surface area (Å²) in [7, 11) is 12.2. The number of benzene rings is 4. The van der Waals surface area contributed by atoms with Crippen LogP contribution in [0.3, 0.4) is 0 Å². The summed E-state index contributed by atoms with van der Waals surface area (Å²) in [5.41, 5.74) is 0. The van der Waals surface area contributed by atoms with E-state index >= 15 is 0 Å². The van der Waals surface area contributed by atoms with Crippen molar-refractivity contribution in [2.75, 3.05) is 56.9 Å². The van der Waals surface area contributed by atoms with Crippen LogP contribution in [-0.2, 0) is 6.51 Å². The van der Waals surface area contributed by atoms with Crippen molar-refractivity contribution in [3.63, 3.8) is 0 Å². The second-order valence-electron chi connectivity index (χ2n) is 18.4. The van der Waals surface area contributed by atoms with Gasteiger partial charge in [0.15, 0.2) is 0 Å². The Bertz CT molecular complexity index is 2490. The normalized spacial score (nSPS) is 47.2. The van der Waals surface area contributed by atoms with E-state index in [1.165, 1.54) is 21.2 Å². The molecule has 0 aromatic heterocycles. The molecule has 4 atom stereocenters. The molecule has 4 aromatic carbocycles. The van der Waals surface area contributed by atoms with Crippen molar-refractivity contribution < 1.29 is 44.4 Å². The van der Waals surface area contributed by atoms with E-state index in [1.807, 2.05) is 24.3 Å². The van der Waals surface area contributed by atoms with Crippen molar-refractivity contribution in [2.24, 2.45) is 0 Å². The van der Waals surface area contributed by atoms with E-state index < -0.39 is 22.4 Å². The second kappa shape index (κ2) is 5.67. The molecule has 10 fully saturated rings. The van der Waals surface area contributed by atoms with Crippen LogP contribution in [0.1, 0.15) is 0 Å². The average Bonchev–Trinajstić information content (AvgIpc) is 4.16. The SMILES string of the molecule is COc1cccc(P(c2cccc(OC)c2OC)[C]23[CH]4[CH]5[CH]6[C]2(P(c2cccc(OC)c2OC)c2cccc(OC)c2OC)[Fe]54632789[CH]3[CH]2[CH]7[CH]8[CH]39)c1OC.